The number of rotatable bonds is 6. The molecule has 0 radical (unpaired) electrons. The van der Waals surface area contributed by atoms with Crippen molar-refractivity contribution in [3.05, 3.63) is 34.9 Å². The SMILES string of the molecule is COCC(CBr)NC(=O)Cc1cc(C)ccc1C. The largest absolute Gasteiger partial charge is 0.383 e. The van der Waals surface area contributed by atoms with Crippen LogP contribution in [0.5, 0.6) is 0 Å². The van der Waals surface area contributed by atoms with Gasteiger partial charge in [0.05, 0.1) is 19.1 Å². The maximum Gasteiger partial charge on any atom is 0.224 e. The number of amides is 1. The Bertz CT molecular complexity index is 407. The lowest BCUT2D eigenvalue weighted by Gasteiger charge is -2.15. The summed E-state index contributed by atoms with van der Waals surface area (Å²) in [6, 6.07) is 6.19. The average Bonchev–Trinajstić information content (AvgIpc) is 2.33. The summed E-state index contributed by atoms with van der Waals surface area (Å²) in [4.78, 5) is 11.9. The summed E-state index contributed by atoms with van der Waals surface area (Å²) in [5.74, 6) is 0.0326. The van der Waals surface area contributed by atoms with Crippen molar-refractivity contribution in [1.82, 2.24) is 5.32 Å². The highest BCUT2D eigenvalue weighted by atomic mass is 79.9. The van der Waals surface area contributed by atoms with E-state index in [9.17, 15) is 4.79 Å². The maximum absolute atomic E-state index is 11.9. The number of nitrogens with one attached hydrogen (secondary N) is 1. The van der Waals surface area contributed by atoms with E-state index in [1.807, 2.05) is 13.8 Å². The third-order valence-electron chi connectivity index (χ3n) is 2.77. The molecule has 1 N–H and O–H groups in total. The molecule has 100 valence electrons. The van der Waals surface area contributed by atoms with E-state index in [2.05, 4.69) is 39.4 Å². The summed E-state index contributed by atoms with van der Waals surface area (Å²) in [7, 11) is 1.63. The molecule has 0 bridgehead atoms. The first-order valence-corrected chi connectivity index (χ1v) is 7.09. The zero-order chi connectivity index (χ0) is 13.5. The van der Waals surface area contributed by atoms with Gasteiger partial charge in [0.1, 0.15) is 0 Å². The molecule has 0 aliphatic rings. The van der Waals surface area contributed by atoms with Crippen LogP contribution in [0.2, 0.25) is 0 Å². The third kappa shape index (κ3) is 4.78. The molecule has 1 aromatic carbocycles. The minimum atomic E-state index is 0.0209. The quantitative estimate of drug-likeness (QED) is 0.819. The molecule has 4 heteroatoms. The number of benzene rings is 1. The van der Waals surface area contributed by atoms with Crippen LogP contribution in [-0.4, -0.2) is 31.0 Å². The highest BCUT2D eigenvalue weighted by molar-refractivity contribution is 9.09. The molecule has 18 heavy (non-hydrogen) atoms. The number of methoxy groups -OCH3 is 1. The first kappa shape index (κ1) is 15.2. The lowest BCUT2D eigenvalue weighted by atomic mass is 10.0. The summed E-state index contributed by atoms with van der Waals surface area (Å²) in [5, 5.41) is 3.65. The van der Waals surface area contributed by atoms with Crippen LogP contribution in [0.1, 0.15) is 16.7 Å². The van der Waals surface area contributed by atoms with Gasteiger partial charge in [0.15, 0.2) is 0 Å². The first-order valence-electron chi connectivity index (χ1n) is 5.97. The second-order valence-corrected chi connectivity index (χ2v) is 5.13. The van der Waals surface area contributed by atoms with Crippen molar-refractivity contribution >= 4 is 21.8 Å². The predicted octanol–water partition coefficient (Wildman–Crippen LogP) is 2.37. The van der Waals surface area contributed by atoms with Crippen molar-refractivity contribution < 1.29 is 9.53 Å². The van der Waals surface area contributed by atoms with E-state index in [0.29, 0.717) is 18.4 Å². The van der Waals surface area contributed by atoms with Gasteiger partial charge >= 0.3 is 0 Å². The van der Waals surface area contributed by atoms with Gasteiger partial charge in [-0.15, -0.1) is 0 Å². The molecule has 1 amide bonds. The standard InChI is InChI=1S/C14H20BrNO2/c1-10-4-5-11(2)12(6-10)7-14(17)16-13(8-15)9-18-3/h4-6,13H,7-9H2,1-3H3,(H,16,17). The van der Waals surface area contributed by atoms with Crippen molar-refractivity contribution in [3.63, 3.8) is 0 Å². The van der Waals surface area contributed by atoms with Crippen molar-refractivity contribution in [2.24, 2.45) is 0 Å². The molecule has 0 saturated carbocycles. The van der Waals surface area contributed by atoms with E-state index < -0.39 is 0 Å². The van der Waals surface area contributed by atoms with Crippen LogP contribution in [0.3, 0.4) is 0 Å². The van der Waals surface area contributed by atoms with Crippen LogP contribution < -0.4 is 5.32 Å². The van der Waals surface area contributed by atoms with Crippen molar-refractivity contribution in [1.29, 1.82) is 0 Å². The van der Waals surface area contributed by atoms with Gasteiger partial charge in [0.2, 0.25) is 5.91 Å². The van der Waals surface area contributed by atoms with Gasteiger partial charge in [0.25, 0.3) is 0 Å². The Balaban J connectivity index is 2.61. The smallest absolute Gasteiger partial charge is 0.224 e. The molecule has 0 aliphatic carbocycles. The molecule has 0 fully saturated rings. The molecular formula is C14H20BrNO2. The molecule has 0 saturated heterocycles. The number of ether oxygens (including phenoxy) is 1. The van der Waals surface area contributed by atoms with E-state index in [-0.39, 0.29) is 11.9 Å². The van der Waals surface area contributed by atoms with E-state index in [4.69, 9.17) is 4.74 Å². The van der Waals surface area contributed by atoms with Crippen LogP contribution in [0, 0.1) is 13.8 Å². The number of aryl methyl sites for hydroxylation is 2. The highest BCUT2D eigenvalue weighted by Gasteiger charge is 2.12. The van der Waals surface area contributed by atoms with Crippen LogP contribution in [0.4, 0.5) is 0 Å². The Morgan fingerprint density at radius 3 is 2.78 bits per heavy atom. The van der Waals surface area contributed by atoms with Crippen LogP contribution in [0.25, 0.3) is 0 Å². The molecule has 0 heterocycles. The molecule has 0 spiro atoms. The van der Waals surface area contributed by atoms with E-state index in [1.165, 1.54) is 5.56 Å². The zero-order valence-electron chi connectivity index (χ0n) is 11.1. The predicted molar refractivity (Wildman–Crippen MR) is 77.2 cm³/mol. The van der Waals surface area contributed by atoms with Crippen LogP contribution >= 0.6 is 15.9 Å². The minimum Gasteiger partial charge on any atom is -0.383 e. The van der Waals surface area contributed by atoms with Gasteiger partial charge in [-0.3, -0.25) is 4.79 Å². The first-order chi connectivity index (χ1) is 8.56. The minimum absolute atomic E-state index is 0.0209. The van der Waals surface area contributed by atoms with Crippen LogP contribution in [-0.2, 0) is 16.0 Å². The molecule has 0 aliphatic heterocycles. The molecule has 1 aromatic rings. The molecule has 1 unspecified atom stereocenters. The second-order valence-electron chi connectivity index (χ2n) is 4.48. The summed E-state index contributed by atoms with van der Waals surface area (Å²) in [6.07, 6.45) is 0.417. The zero-order valence-corrected chi connectivity index (χ0v) is 12.7. The normalized spacial score (nSPS) is 12.2. The van der Waals surface area contributed by atoms with E-state index in [0.717, 1.165) is 11.1 Å². The number of alkyl halides is 1. The Hall–Kier alpha value is -0.870. The molecular weight excluding hydrogens is 294 g/mol. The summed E-state index contributed by atoms with van der Waals surface area (Å²) >= 11 is 3.36. The number of carbonyl (C=O) groups is 1. The maximum atomic E-state index is 11.9. The van der Waals surface area contributed by atoms with Gasteiger partial charge in [-0.1, -0.05) is 39.7 Å². The number of hydrogen-bond donors (Lipinski definition) is 1. The Morgan fingerprint density at radius 2 is 2.17 bits per heavy atom. The van der Waals surface area contributed by atoms with Gasteiger partial charge in [-0.2, -0.15) is 0 Å². The number of carbonyl (C=O) groups excluding carboxylic acids is 1. The molecule has 1 rings (SSSR count). The van der Waals surface area contributed by atoms with E-state index >= 15 is 0 Å². The summed E-state index contributed by atoms with van der Waals surface area (Å²) in [6.45, 7) is 4.58. The monoisotopic (exact) mass is 313 g/mol. The van der Waals surface area contributed by atoms with Crippen molar-refractivity contribution in [3.8, 4) is 0 Å². The number of hydrogen-bond acceptors (Lipinski definition) is 2. The molecule has 1 atom stereocenters. The fraction of sp³-hybridized carbons (Fsp3) is 0.500. The highest BCUT2D eigenvalue weighted by Crippen LogP contribution is 2.11. The van der Waals surface area contributed by atoms with E-state index in [1.54, 1.807) is 7.11 Å². The molecule has 3 nitrogen and oxygen atoms in total. The number of halogens is 1. The Labute approximate surface area is 117 Å². The third-order valence-corrected chi connectivity index (χ3v) is 3.56. The van der Waals surface area contributed by atoms with Gasteiger partial charge < -0.3 is 10.1 Å². The fourth-order valence-corrected chi connectivity index (χ4v) is 2.12. The van der Waals surface area contributed by atoms with Crippen LogP contribution in [0.15, 0.2) is 18.2 Å². The lowest BCUT2D eigenvalue weighted by Crippen LogP contribution is -2.40. The lowest BCUT2D eigenvalue weighted by molar-refractivity contribution is -0.121. The van der Waals surface area contributed by atoms with Crippen molar-refractivity contribution in [2.75, 3.05) is 19.0 Å². The Kier molecular flexibility index (Phi) is 6.36. The summed E-state index contributed by atoms with van der Waals surface area (Å²) in [5.41, 5.74) is 3.41. The Morgan fingerprint density at radius 1 is 1.44 bits per heavy atom. The summed E-state index contributed by atoms with van der Waals surface area (Å²) < 4.78 is 5.04. The van der Waals surface area contributed by atoms with Gasteiger partial charge in [0, 0.05) is 12.4 Å². The topological polar surface area (TPSA) is 38.3 Å². The molecule has 0 aromatic heterocycles. The average molecular weight is 314 g/mol. The fourth-order valence-electron chi connectivity index (χ4n) is 1.77. The second kappa shape index (κ2) is 7.54. The van der Waals surface area contributed by atoms with Gasteiger partial charge in [-0.05, 0) is 25.0 Å². The van der Waals surface area contributed by atoms with Crippen molar-refractivity contribution in [2.45, 2.75) is 26.3 Å². The van der Waals surface area contributed by atoms with Gasteiger partial charge in [-0.25, -0.2) is 0 Å².